The van der Waals surface area contributed by atoms with Gasteiger partial charge in [-0.15, -0.1) is 5.10 Å². The van der Waals surface area contributed by atoms with Gasteiger partial charge >= 0.3 is 0 Å². The van der Waals surface area contributed by atoms with Crippen LogP contribution < -0.4 is 0 Å². The maximum absolute atomic E-state index is 12.6. The van der Waals surface area contributed by atoms with Gasteiger partial charge in [-0.05, 0) is 31.0 Å². The molecule has 1 saturated heterocycles. The number of nitrogens with one attached hydrogen (secondary N) is 1. The predicted molar refractivity (Wildman–Crippen MR) is 84.8 cm³/mol. The highest BCUT2D eigenvalue weighted by molar-refractivity contribution is 5.80. The van der Waals surface area contributed by atoms with Crippen LogP contribution in [-0.2, 0) is 11.3 Å². The number of nitrogens with zero attached hydrogens (tertiary/aromatic N) is 5. The number of carbonyl (C=O) groups excluding carboxylic acids is 1. The Labute approximate surface area is 133 Å². The Morgan fingerprint density at radius 2 is 2.26 bits per heavy atom. The molecular formula is C16H18N6O. The fraction of sp³-hybridized carbons (Fsp3) is 0.375. The Morgan fingerprint density at radius 3 is 3.09 bits per heavy atom. The maximum Gasteiger partial charge on any atom is 0.244 e. The lowest BCUT2D eigenvalue weighted by Gasteiger charge is -2.16. The average molecular weight is 310 g/mol. The molecule has 7 nitrogen and oxygen atoms in total. The smallest absolute Gasteiger partial charge is 0.244 e. The molecular weight excluding hydrogens is 292 g/mol. The number of hydrogen-bond acceptors (Lipinski definition) is 4. The molecule has 0 bridgehead atoms. The molecule has 0 unspecified atom stereocenters. The van der Waals surface area contributed by atoms with E-state index in [9.17, 15) is 4.79 Å². The van der Waals surface area contributed by atoms with Gasteiger partial charge in [-0.3, -0.25) is 9.89 Å². The highest BCUT2D eigenvalue weighted by Gasteiger charge is 2.29. The van der Waals surface area contributed by atoms with Crippen molar-refractivity contribution in [3.05, 3.63) is 41.7 Å². The number of aromatic amines is 1. The summed E-state index contributed by atoms with van der Waals surface area (Å²) in [5.41, 5.74) is 4.01. The van der Waals surface area contributed by atoms with Crippen molar-refractivity contribution in [3.8, 4) is 0 Å². The Hall–Kier alpha value is -2.70. The van der Waals surface area contributed by atoms with Crippen LogP contribution >= 0.6 is 0 Å². The Morgan fingerprint density at radius 1 is 1.39 bits per heavy atom. The average Bonchev–Trinajstić information content (AvgIpc) is 3.27. The van der Waals surface area contributed by atoms with E-state index in [-0.39, 0.29) is 12.5 Å². The summed E-state index contributed by atoms with van der Waals surface area (Å²) in [4.78, 5) is 14.5. The molecule has 118 valence electrons. The molecule has 0 saturated carbocycles. The van der Waals surface area contributed by atoms with Gasteiger partial charge in [0.25, 0.3) is 0 Å². The Kier molecular flexibility index (Phi) is 3.33. The van der Waals surface area contributed by atoms with Gasteiger partial charge in [0.05, 0.1) is 11.7 Å². The normalized spacial score (nSPS) is 18.0. The second-order valence-electron chi connectivity index (χ2n) is 6.03. The van der Waals surface area contributed by atoms with Gasteiger partial charge in [-0.25, -0.2) is 4.68 Å². The van der Waals surface area contributed by atoms with E-state index in [1.165, 1.54) is 0 Å². The quantitative estimate of drug-likeness (QED) is 0.794. The summed E-state index contributed by atoms with van der Waals surface area (Å²) in [5, 5.41) is 15.3. The molecule has 4 rings (SSSR count). The van der Waals surface area contributed by atoms with Crippen LogP contribution in [0.25, 0.3) is 11.0 Å². The van der Waals surface area contributed by atoms with Crippen molar-refractivity contribution in [2.75, 3.05) is 13.1 Å². The van der Waals surface area contributed by atoms with Crippen LogP contribution in [0.2, 0.25) is 0 Å². The van der Waals surface area contributed by atoms with Crippen molar-refractivity contribution in [1.82, 2.24) is 30.1 Å². The van der Waals surface area contributed by atoms with Gasteiger partial charge in [0, 0.05) is 24.7 Å². The zero-order valence-electron chi connectivity index (χ0n) is 12.9. The van der Waals surface area contributed by atoms with Crippen LogP contribution in [0.5, 0.6) is 0 Å². The van der Waals surface area contributed by atoms with Crippen LogP contribution in [0.1, 0.15) is 23.6 Å². The van der Waals surface area contributed by atoms with E-state index in [1.807, 2.05) is 42.3 Å². The topological polar surface area (TPSA) is 79.7 Å². The lowest BCUT2D eigenvalue weighted by atomic mass is 10.0. The molecule has 2 aromatic heterocycles. The van der Waals surface area contributed by atoms with Crippen molar-refractivity contribution in [3.63, 3.8) is 0 Å². The van der Waals surface area contributed by atoms with E-state index < -0.39 is 0 Å². The first kappa shape index (κ1) is 13.9. The largest absolute Gasteiger partial charge is 0.340 e. The number of amides is 1. The summed E-state index contributed by atoms with van der Waals surface area (Å²) in [7, 11) is 0. The number of aromatic nitrogens is 5. The summed E-state index contributed by atoms with van der Waals surface area (Å²) < 4.78 is 1.67. The van der Waals surface area contributed by atoms with Crippen LogP contribution in [0.15, 0.2) is 30.5 Å². The van der Waals surface area contributed by atoms with Crippen LogP contribution in [0.4, 0.5) is 0 Å². The molecule has 1 aliphatic rings. The van der Waals surface area contributed by atoms with E-state index in [0.29, 0.717) is 5.92 Å². The first-order valence-electron chi connectivity index (χ1n) is 7.78. The van der Waals surface area contributed by atoms with Gasteiger partial charge in [0.2, 0.25) is 5.91 Å². The summed E-state index contributed by atoms with van der Waals surface area (Å²) in [6.45, 7) is 3.78. The monoisotopic (exact) mass is 310 g/mol. The molecule has 3 heterocycles. The minimum Gasteiger partial charge on any atom is -0.340 e. The number of hydrogen-bond donors (Lipinski definition) is 1. The molecule has 1 aromatic carbocycles. The molecule has 23 heavy (non-hydrogen) atoms. The highest BCUT2D eigenvalue weighted by Crippen LogP contribution is 2.27. The van der Waals surface area contributed by atoms with Gasteiger partial charge in [-0.2, -0.15) is 5.10 Å². The molecule has 0 spiro atoms. The number of carbonyl (C=O) groups is 1. The van der Waals surface area contributed by atoms with Gasteiger partial charge in [0.15, 0.2) is 0 Å². The Balaban J connectivity index is 1.47. The molecule has 1 fully saturated rings. The maximum atomic E-state index is 12.6. The number of likely N-dealkylation sites (tertiary alicyclic amines) is 1. The molecule has 1 N–H and O–H groups in total. The molecule has 7 heteroatoms. The molecule has 3 aromatic rings. The van der Waals surface area contributed by atoms with Crippen molar-refractivity contribution in [1.29, 1.82) is 0 Å². The second-order valence-corrected chi connectivity index (χ2v) is 6.03. The number of H-pyrrole nitrogens is 1. The fourth-order valence-electron chi connectivity index (χ4n) is 3.25. The van der Waals surface area contributed by atoms with Crippen LogP contribution in [0, 0.1) is 6.92 Å². The molecule has 1 aliphatic heterocycles. The third-order valence-electron chi connectivity index (χ3n) is 4.52. The number of benzene rings is 1. The zero-order chi connectivity index (χ0) is 15.8. The predicted octanol–water partition coefficient (Wildman–Crippen LogP) is 1.48. The van der Waals surface area contributed by atoms with Gasteiger partial charge in [0.1, 0.15) is 12.1 Å². The zero-order valence-corrected chi connectivity index (χ0v) is 12.9. The lowest BCUT2D eigenvalue weighted by Crippen LogP contribution is -2.32. The van der Waals surface area contributed by atoms with Crippen molar-refractivity contribution < 1.29 is 4.79 Å². The molecule has 1 amide bonds. The summed E-state index contributed by atoms with van der Waals surface area (Å²) in [6.07, 6.45) is 2.80. The molecule has 0 radical (unpaired) electrons. The number of para-hydroxylation sites is 1. The minimum absolute atomic E-state index is 0.0836. The SMILES string of the molecule is Cc1cn[nH]c1[C@@H]1CCN(C(=O)Cn2nnc3ccccc32)C1. The number of rotatable bonds is 3. The van der Waals surface area contributed by atoms with Crippen molar-refractivity contribution >= 4 is 16.9 Å². The highest BCUT2D eigenvalue weighted by atomic mass is 16.2. The first-order chi connectivity index (χ1) is 11.2. The molecule has 1 atom stereocenters. The van der Waals surface area contributed by atoms with E-state index in [0.717, 1.165) is 41.8 Å². The van der Waals surface area contributed by atoms with Crippen molar-refractivity contribution in [2.45, 2.75) is 25.8 Å². The first-order valence-corrected chi connectivity index (χ1v) is 7.78. The third-order valence-corrected chi connectivity index (χ3v) is 4.52. The van der Waals surface area contributed by atoms with Crippen LogP contribution in [0.3, 0.4) is 0 Å². The number of aryl methyl sites for hydroxylation is 1. The third kappa shape index (κ3) is 2.48. The van der Waals surface area contributed by atoms with Crippen LogP contribution in [-0.4, -0.2) is 49.1 Å². The standard InChI is InChI=1S/C16H18N6O/c1-11-8-17-19-16(11)12-6-7-21(9-12)15(23)10-22-14-5-3-2-4-13(14)18-20-22/h2-5,8,12H,6-7,9-10H2,1H3,(H,17,19)/t12-/m1/s1. The van der Waals surface area contributed by atoms with Gasteiger partial charge in [-0.1, -0.05) is 17.3 Å². The summed E-state index contributed by atoms with van der Waals surface area (Å²) in [6, 6.07) is 7.68. The fourth-order valence-corrected chi connectivity index (χ4v) is 3.25. The van der Waals surface area contributed by atoms with E-state index in [2.05, 4.69) is 20.5 Å². The Bertz CT molecular complexity index is 851. The van der Waals surface area contributed by atoms with E-state index in [4.69, 9.17) is 0 Å². The molecule has 0 aliphatic carbocycles. The second kappa shape index (κ2) is 5.49. The van der Waals surface area contributed by atoms with Gasteiger partial charge < -0.3 is 4.90 Å². The summed E-state index contributed by atoms with van der Waals surface area (Å²) in [5.74, 6) is 0.425. The lowest BCUT2D eigenvalue weighted by molar-refractivity contribution is -0.130. The number of fused-ring (bicyclic) bond motifs is 1. The van der Waals surface area contributed by atoms with E-state index >= 15 is 0 Å². The van der Waals surface area contributed by atoms with E-state index in [1.54, 1.807) is 4.68 Å². The van der Waals surface area contributed by atoms with Crippen molar-refractivity contribution in [2.24, 2.45) is 0 Å². The minimum atomic E-state index is 0.0836. The summed E-state index contributed by atoms with van der Waals surface area (Å²) >= 11 is 0.